The Labute approximate surface area is 61.2 Å². The molecule has 0 aliphatic carbocycles. The van der Waals surface area contributed by atoms with Gasteiger partial charge >= 0.3 is 10.4 Å². The average Bonchev–Trinajstić information content (AvgIpc) is 1.59. The maximum Gasteiger partial charge on any atom is 0.397 e. The van der Waals surface area contributed by atoms with Gasteiger partial charge in [0, 0.05) is 0 Å². The van der Waals surface area contributed by atoms with E-state index in [1.807, 2.05) is 6.92 Å². The molecule has 0 saturated carbocycles. The van der Waals surface area contributed by atoms with Gasteiger partial charge < -0.3 is 0 Å². The minimum absolute atomic E-state index is 0.431. The Bertz CT molecular complexity index is 172. The van der Waals surface area contributed by atoms with Crippen LogP contribution in [0.2, 0.25) is 0 Å². The van der Waals surface area contributed by atoms with Crippen molar-refractivity contribution in [1.29, 1.82) is 0 Å². The van der Waals surface area contributed by atoms with Crippen LogP contribution in [0.3, 0.4) is 0 Å². The van der Waals surface area contributed by atoms with Crippen LogP contribution in [0.5, 0.6) is 0 Å². The smallest absolute Gasteiger partial charge is 0.264 e. The van der Waals surface area contributed by atoms with Crippen molar-refractivity contribution >= 4 is 10.4 Å². The van der Waals surface area contributed by atoms with E-state index < -0.39 is 16.5 Å². The normalized spacial score (nSPS) is 15.1. The second kappa shape index (κ2) is 3.90. The molecule has 1 atom stereocenters. The van der Waals surface area contributed by atoms with Crippen molar-refractivity contribution in [1.82, 2.24) is 0 Å². The van der Waals surface area contributed by atoms with E-state index in [2.05, 4.69) is 4.18 Å². The molecule has 0 aromatic heterocycles. The van der Waals surface area contributed by atoms with Gasteiger partial charge in [0.05, 0.1) is 6.10 Å². The van der Waals surface area contributed by atoms with Crippen molar-refractivity contribution in [2.45, 2.75) is 32.8 Å². The monoisotopic (exact) mass is 168 g/mol. The molecule has 0 bridgehead atoms. The van der Waals surface area contributed by atoms with Gasteiger partial charge in [-0.1, -0.05) is 13.3 Å². The molecular weight excluding hydrogens is 156 g/mol. The molecule has 0 aliphatic heterocycles. The van der Waals surface area contributed by atoms with Crippen LogP contribution in [-0.4, -0.2) is 19.1 Å². The second-order valence-electron chi connectivity index (χ2n) is 2.12. The van der Waals surface area contributed by atoms with Crippen LogP contribution in [-0.2, 0) is 14.6 Å². The minimum atomic E-state index is -4.25. The van der Waals surface area contributed by atoms with Gasteiger partial charge in [0.1, 0.15) is 0 Å². The van der Waals surface area contributed by atoms with Crippen LogP contribution in [0, 0.1) is 0 Å². The van der Waals surface area contributed by atoms with Crippen molar-refractivity contribution in [3.63, 3.8) is 0 Å². The highest BCUT2D eigenvalue weighted by atomic mass is 32.3. The predicted octanol–water partition coefficient (Wildman–Crippen LogP) is 0.994. The zero-order valence-electron chi connectivity index (χ0n) is 6.07. The van der Waals surface area contributed by atoms with E-state index >= 15 is 0 Å². The number of rotatable bonds is 4. The van der Waals surface area contributed by atoms with Crippen molar-refractivity contribution < 1.29 is 17.2 Å². The van der Waals surface area contributed by atoms with Crippen LogP contribution in [0.4, 0.5) is 0 Å². The second-order valence-corrected chi connectivity index (χ2v) is 3.17. The molecule has 1 N–H and O–H groups in total. The van der Waals surface area contributed by atoms with E-state index in [4.69, 9.17) is 4.55 Å². The molecule has 0 radical (unpaired) electrons. The summed E-state index contributed by atoms with van der Waals surface area (Å²) in [6.07, 6.45) is 1.02. The van der Waals surface area contributed by atoms with Gasteiger partial charge in [0.2, 0.25) is 0 Å². The SMILES string of the molecule is CCCC(C)OS(=O)(=O)O. The summed E-state index contributed by atoms with van der Waals surface area (Å²) in [6.45, 7) is 3.50. The lowest BCUT2D eigenvalue weighted by molar-refractivity contribution is 0.188. The fourth-order valence-electron chi connectivity index (χ4n) is 0.662. The Morgan fingerprint density at radius 3 is 2.40 bits per heavy atom. The predicted molar refractivity (Wildman–Crippen MR) is 37.0 cm³/mol. The molecule has 0 saturated heterocycles. The maximum atomic E-state index is 10.0. The van der Waals surface area contributed by atoms with Gasteiger partial charge in [-0.15, -0.1) is 0 Å². The van der Waals surface area contributed by atoms with Gasteiger partial charge in [-0.25, -0.2) is 4.18 Å². The van der Waals surface area contributed by atoms with E-state index in [1.165, 1.54) is 0 Å². The van der Waals surface area contributed by atoms with Gasteiger partial charge in [0.15, 0.2) is 0 Å². The molecule has 5 heteroatoms. The van der Waals surface area contributed by atoms with Gasteiger partial charge in [0.25, 0.3) is 0 Å². The zero-order valence-corrected chi connectivity index (χ0v) is 6.89. The lowest BCUT2D eigenvalue weighted by atomic mass is 10.2. The van der Waals surface area contributed by atoms with Gasteiger partial charge in [-0.2, -0.15) is 8.42 Å². The molecule has 0 fully saturated rings. The first-order valence-corrected chi connectivity index (χ1v) is 4.48. The largest absolute Gasteiger partial charge is 0.397 e. The van der Waals surface area contributed by atoms with E-state index in [0.717, 1.165) is 6.42 Å². The molecule has 0 aromatic rings. The summed E-state index contributed by atoms with van der Waals surface area (Å²) in [6, 6.07) is 0. The van der Waals surface area contributed by atoms with Crippen LogP contribution in [0.25, 0.3) is 0 Å². The van der Waals surface area contributed by atoms with Crippen LogP contribution < -0.4 is 0 Å². The summed E-state index contributed by atoms with van der Waals surface area (Å²) in [5, 5.41) is 0. The third kappa shape index (κ3) is 6.00. The third-order valence-corrected chi connectivity index (χ3v) is 1.55. The van der Waals surface area contributed by atoms with Crippen molar-refractivity contribution in [2.75, 3.05) is 0 Å². The molecule has 0 rings (SSSR count). The first-order valence-electron chi connectivity index (χ1n) is 3.11. The molecular formula is C5H12O4S. The molecule has 62 valence electrons. The summed E-state index contributed by atoms with van der Waals surface area (Å²) in [5.41, 5.74) is 0. The van der Waals surface area contributed by atoms with Crippen LogP contribution in [0.15, 0.2) is 0 Å². The summed E-state index contributed by atoms with van der Waals surface area (Å²) >= 11 is 0. The van der Waals surface area contributed by atoms with Crippen molar-refractivity contribution in [3.8, 4) is 0 Å². The topological polar surface area (TPSA) is 63.6 Å². The molecule has 4 nitrogen and oxygen atoms in total. The zero-order chi connectivity index (χ0) is 8.20. The summed E-state index contributed by atoms with van der Waals surface area (Å²) in [7, 11) is -4.25. The highest BCUT2D eigenvalue weighted by molar-refractivity contribution is 7.80. The number of hydrogen-bond donors (Lipinski definition) is 1. The number of hydrogen-bond acceptors (Lipinski definition) is 3. The lowest BCUT2D eigenvalue weighted by Gasteiger charge is -2.06. The first-order chi connectivity index (χ1) is 4.45. The van der Waals surface area contributed by atoms with E-state index in [-0.39, 0.29) is 0 Å². The maximum absolute atomic E-state index is 10.0. The summed E-state index contributed by atoms with van der Waals surface area (Å²) in [4.78, 5) is 0. The quantitative estimate of drug-likeness (QED) is 0.636. The van der Waals surface area contributed by atoms with E-state index in [0.29, 0.717) is 6.42 Å². The van der Waals surface area contributed by atoms with Gasteiger partial charge in [-0.05, 0) is 13.3 Å². The molecule has 1 unspecified atom stereocenters. The molecule has 0 amide bonds. The van der Waals surface area contributed by atoms with E-state index in [9.17, 15) is 8.42 Å². The highest BCUT2D eigenvalue weighted by Crippen LogP contribution is 2.03. The Balaban J connectivity index is 3.69. The first kappa shape index (κ1) is 9.87. The highest BCUT2D eigenvalue weighted by Gasteiger charge is 2.10. The van der Waals surface area contributed by atoms with Crippen molar-refractivity contribution in [3.05, 3.63) is 0 Å². The summed E-state index contributed by atoms with van der Waals surface area (Å²) < 4.78 is 32.5. The third-order valence-electron chi connectivity index (χ3n) is 0.981. The Hall–Kier alpha value is -0.130. The van der Waals surface area contributed by atoms with Crippen LogP contribution in [0.1, 0.15) is 26.7 Å². The Morgan fingerprint density at radius 1 is 1.60 bits per heavy atom. The average molecular weight is 168 g/mol. The molecule has 10 heavy (non-hydrogen) atoms. The molecule has 0 aromatic carbocycles. The van der Waals surface area contributed by atoms with Crippen molar-refractivity contribution in [2.24, 2.45) is 0 Å². The molecule has 0 spiro atoms. The lowest BCUT2D eigenvalue weighted by Crippen LogP contribution is -2.13. The Morgan fingerprint density at radius 2 is 2.10 bits per heavy atom. The fraction of sp³-hybridized carbons (Fsp3) is 1.00. The van der Waals surface area contributed by atoms with E-state index in [1.54, 1.807) is 6.92 Å². The molecule has 0 aliphatic rings. The van der Waals surface area contributed by atoms with Crippen LogP contribution >= 0.6 is 0 Å². The standard InChI is InChI=1S/C5H12O4S/c1-3-4-5(2)9-10(6,7)8/h5H,3-4H2,1-2H3,(H,6,7,8). The molecule has 0 heterocycles. The Kier molecular flexibility index (Phi) is 3.85. The summed E-state index contributed by atoms with van der Waals surface area (Å²) in [5.74, 6) is 0. The van der Waals surface area contributed by atoms with Gasteiger partial charge in [-0.3, -0.25) is 4.55 Å². The fourth-order valence-corrected chi connectivity index (χ4v) is 1.17. The minimum Gasteiger partial charge on any atom is -0.264 e.